The Balaban J connectivity index is 3.28. The fourth-order valence-corrected chi connectivity index (χ4v) is 2.13. The van der Waals surface area contributed by atoms with Crippen molar-refractivity contribution in [1.29, 1.82) is 0 Å². The van der Waals surface area contributed by atoms with Crippen molar-refractivity contribution < 1.29 is 24.0 Å². The molecule has 0 fully saturated rings. The maximum absolute atomic E-state index is 11.5. The normalized spacial score (nSPS) is 11.4. The van der Waals surface area contributed by atoms with Crippen LogP contribution < -0.4 is 5.32 Å². The number of benzene rings is 1. The lowest BCUT2D eigenvalue weighted by Gasteiger charge is -2.15. The molecule has 0 saturated carbocycles. The summed E-state index contributed by atoms with van der Waals surface area (Å²) in [5, 5.41) is 13.8. The minimum atomic E-state index is -0.797. The number of ether oxygens (including phenoxy) is 2. The molecule has 8 nitrogen and oxygen atoms in total. The number of halogens is 1. The third kappa shape index (κ3) is 3.91. The Morgan fingerprint density at radius 2 is 1.95 bits per heavy atom. The number of rotatable bonds is 5. The highest BCUT2D eigenvalue weighted by Crippen LogP contribution is 2.34. The number of hydrogen-bond acceptors (Lipinski definition) is 7. The molecule has 0 radical (unpaired) electrons. The number of nitro benzene ring substituents is 1. The van der Waals surface area contributed by atoms with Crippen molar-refractivity contribution in [3.8, 4) is 0 Å². The molecule has 0 amide bonds. The number of nitrogens with zero attached hydrogens (tertiary/aromatic N) is 1. The number of nitro groups is 1. The summed E-state index contributed by atoms with van der Waals surface area (Å²) in [7, 11) is 2.39. The van der Waals surface area contributed by atoms with E-state index in [9.17, 15) is 19.7 Å². The molecule has 9 heteroatoms. The monoisotopic (exact) mass is 360 g/mol. The van der Waals surface area contributed by atoms with Crippen LogP contribution >= 0.6 is 15.9 Å². The van der Waals surface area contributed by atoms with Gasteiger partial charge in [-0.2, -0.15) is 0 Å². The molecule has 1 aromatic carbocycles. The molecule has 114 valence electrons. The summed E-state index contributed by atoms with van der Waals surface area (Å²) in [6, 6.07) is 1.64. The minimum absolute atomic E-state index is 0.0207. The highest BCUT2D eigenvalue weighted by molar-refractivity contribution is 9.10. The minimum Gasteiger partial charge on any atom is -0.467 e. The van der Waals surface area contributed by atoms with E-state index >= 15 is 0 Å². The van der Waals surface area contributed by atoms with E-state index in [0.29, 0.717) is 0 Å². The SMILES string of the molecule is COC(=O)c1cc(Br)c(NC(C)C(=O)OC)c([N+](=O)[O-])c1. The average molecular weight is 361 g/mol. The molecule has 1 aromatic rings. The van der Waals surface area contributed by atoms with Gasteiger partial charge in [0, 0.05) is 10.5 Å². The van der Waals surface area contributed by atoms with Gasteiger partial charge in [0.15, 0.2) is 0 Å². The molecule has 0 heterocycles. The first kappa shape index (κ1) is 16.9. The highest BCUT2D eigenvalue weighted by atomic mass is 79.9. The van der Waals surface area contributed by atoms with E-state index in [1.165, 1.54) is 27.2 Å². The van der Waals surface area contributed by atoms with Gasteiger partial charge in [0.25, 0.3) is 5.69 Å². The van der Waals surface area contributed by atoms with Crippen molar-refractivity contribution >= 4 is 39.2 Å². The first-order valence-electron chi connectivity index (χ1n) is 5.72. The Hall–Kier alpha value is -2.16. The van der Waals surface area contributed by atoms with E-state index in [4.69, 9.17) is 0 Å². The number of carbonyl (C=O) groups excluding carboxylic acids is 2. The van der Waals surface area contributed by atoms with Crippen LogP contribution in [-0.4, -0.2) is 37.1 Å². The lowest BCUT2D eigenvalue weighted by Crippen LogP contribution is -2.27. The fraction of sp³-hybridized carbons (Fsp3) is 0.333. The zero-order chi connectivity index (χ0) is 16.2. The molecular formula is C12H13BrN2O6. The number of hydrogen-bond donors (Lipinski definition) is 1. The Morgan fingerprint density at radius 1 is 1.33 bits per heavy atom. The van der Waals surface area contributed by atoms with Gasteiger partial charge in [0.1, 0.15) is 11.7 Å². The average Bonchev–Trinajstić information content (AvgIpc) is 2.46. The summed E-state index contributed by atoms with van der Waals surface area (Å²) >= 11 is 3.14. The summed E-state index contributed by atoms with van der Waals surface area (Å²) in [5.74, 6) is -1.28. The second-order valence-electron chi connectivity index (χ2n) is 3.99. The summed E-state index contributed by atoms with van der Waals surface area (Å²) in [5.41, 5.74) is -0.265. The zero-order valence-corrected chi connectivity index (χ0v) is 13.1. The molecule has 1 atom stereocenters. The van der Waals surface area contributed by atoms with Crippen LogP contribution in [0.4, 0.5) is 11.4 Å². The molecule has 1 unspecified atom stereocenters. The van der Waals surface area contributed by atoms with E-state index < -0.39 is 22.9 Å². The Labute approximate surface area is 128 Å². The summed E-state index contributed by atoms with van der Waals surface area (Å²) in [6.07, 6.45) is 0. The molecule has 0 bridgehead atoms. The maximum Gasteiger partial charge on any atom is 0.338 e. The van der Waals surface area contributed by atoms with Gasteiger partial charge < -0.3 is 14.8 Å². The molecular weight excluding hydrogens is 348 g/mol. The first-order valence-corrected chi connectivity index (χ1v) is 6.51. The zero-order valence-electron chi connectivity index (χ0n) is 11.5. The standard InChI is InChI=1S/C12H13BrN2O6/c1-6(11(16)20-2)14-10-8(13)4-7(12(17)21-3)5-9(10)15(18)19/h4-6,14H,1-3H3. The third-order valence-electron chi connectivity index (χ3n) is 2.60. The van der Waals surface area contributed by atoms with Crippen molar-refractivity contribution in [2.75, 3.05) is 19.5 Å². The van der Waals surface area contributed by atoms with Gasteiger partial charge in [-0.15, -0.1) is 0 Å². The number of anilines is 1. The van der Waals surface area contributed by atoms with Crippen molar-refractivity contribution in [3.05, 3.63) is 32.3 Å². The van der Waals surface area contributed by atoms with Crippen LogP contribution in [0.5, 0.6) is 0 Å². The second kappa shape index (κ2) is 7.02. The van der Waals surface area contributed by atoms with Crippen LogP contribution in [0.1, 0.15) is 17.3 Å². The third-order valence-corrected chi connectivity index (χ3v) is 3.23. The summed E-state index contributed by atoms with van der Waals surface area (Å²) in [4.78, 5) is 33.3. The number of carbonyl (C=O) groups is 2. The molecule has 0 aliphatic carbocycles. The van der Waals surface area contributed by atoms with Crippen LogP contribution in [0.2, 0.25) is 0 Å². The van der Waals surface area contributed by atoms with Gasteiger partial charge in [-0.3, -0.25) is 10.1 Å². The van der Waals surface area contributed by atoms with E-state index in [-0.39, 0.29) is 21.4 Å². The lowest BCUT2D eigenvalue weighted by atomic mass is 10.1. The molecule has 0 spiro atoms. The van der Waals surface area contributed by atoms with Crippen molar-refractivity contribution in [2.24, 2.45) is 0 Å². The van der Waals surface area contributed by atoms with Crippen LogP contribution in [0, 0.1) is 10.1 Å². The van der Waals surface area contributed by atoms with Crippen molar-refractivity contribution in [1.82, 2.24) is 0 Å². The molecule has 0 aromatic heterocycles. The molecule has 0 aliphatic rings. The first-order chi connectivity index (χ1) is 9.81. The fourth-order valence-electron chi connectivity index (χ4n) is 1.57. The van der Waals surface area contributed by atoms with Gasteiger partial charge >= 0.3 is 11.9 Å². The predicted molar refractivity (Wildman–Crippen MR) is 77.2 cm³/mol. The second-order valence-corrected chi connectivity index (χ2v) is 4.84. The van der Waals surface area contributed by atoms with Crippen molar-refractivity contribution in [3.63, 3.8) is 0 Å². The molecule has 1 N–H and O–H groups in total. The Bertz CT molecular complexity index is 589. The molecule has 1 rings (SSSR count). The van der Waals surface area contributed by atoms with Gasteiger partial charge in [-0.05, 0) is 28.9 Å². The Kier molecular flexibility index (Phi) is 5.65. The van der Waals surface area contributed by atoms with Crippen LogP contribution in [0.25, 0.3) is 0 Å². The van der Waals surface area contributed by atoms with Crippen LogP contribution in [-0.2, 0) is 14.3 Å². The summed E-state index contributed by atoms with van der Waals surface area (Å²) < 4.78 is 9.33. The van der Waals surface area contributed by atoms with E-state index in [0.717, 1.165) is 6.07 Å². The molecule has 21 heavy (non-hydrogen) atoms. The van der Waals surface area contributed by atoms with E-state index in [2.05, 4.69) is 30.7 Å². The van der Waals surface area contributed by atoms with E-state index in [1.807, 2.05) is 0 Å². The van der Waals surface area contributed by atoms with Gasteiger partial charge in [0.05, 0.1) is 24.7 Å². The lowest BCUT2D eigenvalue weighted by molar-refractivity contribution is -0.384. The number of esters is 2. The highest BCUT2D eigenvalue weighted by Gasteiger charge is 2.24. The smallest absolute Gasteiger partial charge is 0.338 e. The maximum atomic E-state index is 11.5. The predicted octanol–water partition coefficient (Wildman–Crippen LogP) is 2.12. The molecule has 0 aliphatic heterocycles. The van der Waals surface area contributed by atoms with Gasteiger partial charge in [-0.1, -0.05) is 0 Å². The van der Waals surface area contributed by atoms with Crippen molar-refractivity contribution in [2.45, 2.75) is 13.0 Å². The number of methoxy groups -OCH3 is 2. The quantitative estimate of drug-likeness (QED) is 0.486. The topological polar surface area (TPSA) is 108 Å². The van der Waals surface area contributed by atoms with Crippen LogP contribution in [0.15, 0.2) is 16.6 Å². The van der Waals surface area contributed by atoms with Gasteiger partial charge in [0.2, 0.25) is 0 Å². The van der Waals surface area contributed by atoms with Crippen LogP contribution in [0.3, 0.4) is 0 Å². The number of nitrogens with one attached hydrogen (secondary N) is 1. The van der Waals surface area contributed by atoms with E-state index in [1.54, 1.807) is 0 Å². The largest absolute Gasteiger partial charge is 0.467 e. The molecule has 0 saturated heterocycles. The summed E-state index contributed by atoms with van der Waals surface area (Å²) in [6.45, 7) is 1.50. The Morgan fingerprint density at radius 3 is 2.43 bits per heavy atom. The van der Waals surface area contributed by atoms with Gasteiger partial charge in [-0.25, -0.2) is 9.59 Å².